The Labute approximate surface area is 185 Å². The van der Waals surface area contributed by atoms with Crippen LogP contribution in [0.3, 0.4) is 0 Å². The molecule has 0 spiro atoms. The maximum Gasteiger partial charge on any atom is 0.344 e. The Morgan fingerprint density at radius 2 is 1.78 bits per heavy atom. The third kappa shape index (κ3) is 3.91. The second kappa shape index (κ2) is 8.52. The molecule has 4 aromatic rings. The molecule has 32 heavy (non-hydrogen) atoms. The average molecular weight is 452 g/mol. The normalized spacial score (nSPS) is 10.7. The molecule has 0 unspecified atom stereocenters. The Morgan fingerprint density at radius 3 is 2.47 bits per heavy atom. The number of rotatable bonds is 5. The van der Waals surface area contributed by atoms with Gasteiger partial charge in [-0.2, -0.15) is 0 Å². The molecular weight excluding hydrogens is 438 g/mol. The van der Waals surface area contributed by atoms with Crippen LogP contribution in [-0.2, 0) is 0 Å². The molecule has 9 heteroatoms. The Morgan fingerprint density at radius 1 is 1.06 bits per heavy atom. The molecule has 0 saturated heterocycles. The van der Waals surface area contributed by atoms with E-state index in [9.17, 15) is 19.7 Å². The predicted molar refractivity (Wildman–Crippen MR) is 118 cm³/mol. The Kier molecular flexibility index (Phi) is 5.61. The van der Waals surface area contributed by atoms with E-state index >= 15 is 0 Å². The van der Waals surface area contributed by atoms with Gasteiger partial charge in [0.15, 0.2) is 5.76 Å². The van der Waals surface area contributed by atoms with Crippen LogP contribution in [-0.4, -0.2) is 18.0 Å². The fraction of sp³-hybridized carbons (Fsp3) is 0.0435. The highest BCUT2D eigenvalue weighted by Gasteiger charge is 2.23. The molecule has 1 aromatic heterocycles. The fourth-order valence-corrected chi connectivity index (χ4v) is 3.27. The van der Waals surface area contributed by atoms with Gasteiger partial charge in [-0.1, -0.05) is 23.7 Å². The number of nitro benzene ring substituents is 1. The van der Waals surface area contributed by atoms with E-state index in [2.05, 4.69) is 0 Å². The first-order valence-corrected chi connectivity index (χ1v) is 9.63. The van der Waals surface area contributed by atoms with E-state index in [1.807, 2.05) is 0 Å². The number of nitro groups is 1. The molecule has 0 bridgehead atoms. The summed E-state index contributed by atoms with van der Waals surface area (Å²) >= 11 is 5.81. The number of carbonyl (C=O) groups is 1. The topological polar surface area (TPSA) is 109 Å². The molecule has 4 rings (SSSR count). The highest BCUT2D eigenvalue weighted by molar-refractivity contribution is 6.32. The maximum absolute atomic E-state index is 13.2. The molecule has 0 aliphatic carbocycles. The number of benzene rings is 3. The van der Waals surface area contributed by atoms with E-state index in [-0.39, 0.29) is 27.5 Å². The van der Waals surface area contributed by atoms with Crippen molar-refractivity contribution in [3.63, 3.8) is 0 Å². The van der Waals surface area contributed by atoms with Crippen molar-refractivity contribution < 1.29 is 23.6 Å². The van der Waals surface area contributed by atoms with E-state index in [1.165, 1.54) is 19.2 Å². The number of para-hydroxylation sites is 1. The lowest BCUT2D eigenvalue weighted by Gasteiger charge is -2.11. The zero-order valence-corrected chi connectivity index (χ0v) is 17.3. The SMILES string of the molecule is COc1ccc(-c2oc3ccccc3c(=O)c2OC(=O)c2ccc(Cl)c([N+](=O)[O-])c2)cc1. The van der Waals surface area contributed by atoms with Crippen molar-refractivity contribution in [3.05, 3.63) is 97.7 Å². The number of ether oxygens (including phenoxy) is 2. The van der Waals surface area contributed by atoms with Crippen molar-refractivity contribution in [2.75, 3.05) is 7.11 Å². The number of hydrogen-bond donors (Lipinski definition) is 0. The number of nitrogens with zero attached hydrogens (tertiary/aromatic N) is 1. The number of carbonyl (C=O) groups excluding carboxylic acids is 1. The minimum Gasteiger partial charge on any atom is -0.497 e. The minimum absolute atomic E-state index is 0.0353. The van der Waals surface area contributed by atoms with Gasteiger partial charge in [0.05, 0.1) is 23.0 Å². The van der Waals surface area contributed by atoms with E-state index in [0.29, 0.717) is 16.9 Å². The standard InChI is InChI=1S/C23H14ClNO7/c1-30-15-9-6-13(7-10-15)21-22(20(26)16-4-2-3-5-19(16)31-21)32-23(27)14-8-11-17(24)18(12-14)25(28)29/h2-12H,1H3. The van der Waals surface area contributed by atoms with Gasteiger partial charge in [0, 0.05) is 11.6 Å². The molecule has 0 fully saturated rings. The largest absolute Gasteiger partial charge is 0.497 e. The molecule has 8 nitrogen and oxygen atoms in total. The zero-order valence-electron chi connectivity index (χ0n) is 16.5. The second-order valence-electron chi connectivity index (χ2n) is 6.63. The summed E-state index contributed by atoms with van der Waals surface area (Å²) in [4.78, 5) is 36.4. The smallest absolute Gasteiger partial charge is 0.344 e. The summed E-state index contributed by atoms with van der Waals surface area (Å²) in [6.07, 6.45) is 0. The second-order valence-corrected chi connectivity index (χ2v) is 7.03. The van der Waals surface area contributed by atoms with E-state index < -0.39 is 22.0 Å². The third-order valence-electron chi connectivity index (χ3n) is 4.68. The van der Waals surface area contributed by atoms with Crippen molar-refractivity contribution in [1.82, 2.24) is 0 Å². The van der Waals surface area contributed by atoms with Crippen LogP contribution in [0.5, 0.6) is 11.5 Å². The van der Waals surface area contributed by atoms with Gasteiger partial charge in [-0.3, -0.25) is 14.9 Å². The molecule has 3 aromatic carbocycles. The summed E-state index contributed by atoms with van der Waals surface area (Å²) in [5, 5.41) is 11.2. The first-order valence-electron chi connectivity index (χ1n) is 9.25. The molecular formula is C23H14ClNO7. The Balaban J connectivity index is 1.84. The molecule has 0 saturated carbocycles. The highest BCUT2D eigenvalue weighted by Crippen LogP contribution is 2.33. The molecule has 0 aliphatic rings. The highest BCUT2D eigenvalue weighted by atomic mass is 35.5. The molecule has 0 amide bonds. The average Bonchev–Trinajstić information content (AvgIpc) is 2.81. The minimum atomic E-state index is -0.970. The predicted octanol–water partition coefficient (Wildman–Crippen LogP) is 5.25. The molecule has 160 valence electrons. The molecule has 0 atom stereocenters. The number of fused-ring (bicyclic) bond motifs is 1. The van der Waals surface area contributed by atoms with Gasteiger partial charge >= 0.3 is 5.97 Å². The number of hydrogen-bond acceptors (Lipinski definition) is 7. The first-order chi connectivity index (χ1) is 15.4. The number of halogens is 1. The molecule has 1 heterocycles. The van der Waals surface area contributed by atoms with Gasteiger partial charge < -0.3 is 13.9 Å². The summed E-state index contributed by atoms with van der Waals surface area (Å²) < 4.78 is 16.5. The first kappa shape index (κ1) is 21.1. The number of methoxy groups -OCH3 is 1. The van der Waals surface area contributed by atoms with Crippen molar-refractivity contribution >= 4 is 34.2 Å². The summed E-state index contributed by atoms with van der Waals surface area (Å²) in [5.74, 6) is -0.685. The third-order valence-corrected chi connectivity index (χ3v) is 5.00. The van der Waals surface area contributed by atoms with Gasteiger partial charge in [-0.05, 0) is 48.5 Å². The van der Waals surface area contributed by atoms with E-state index in [0.717, 1.165) is 6.07 Å². The van der Waals surface area contributed by atoms with Crippen molar-refractivity contribution in [1.29, 1.82) is 0 Å². The monoisotopic (exact) mass is 451 g/mol. The lowest BCUT2D eigenvalue weighted by Crippen LogP contribution is -2.16. The maximum atomic E-state index is 13.2. The summed E-state index contributed by atoms with van der Waals surface area (Å²) in [5.41, 5.74) is -0.380. The van der Waals surface area contributed by atoms with Crippen LogP contribution in [0.4, 0.5) is 5.69 Å². The molecule has 0 radical (unpaired) electrons. The fourth-order valence-electron chi connectivity index (χ4n) is 3.08. The van der Waals surface area contributed by atoms with Gasteiger partial charge in [-0.25, -0.2) is 4.79 Å². The van der Waals surface area contributed by atoms with Crippen LogP contribution in [0.2, 0.25) is 5.02 Å². The van der Waals surface area contributed by atoms with Crippen molar-refractivity contribution in [2.24, 2.45) is 0 Å². The van der Waals surface area contributed by atoms with E-state index in [1.54, 1.807) is 48.5 Å². The van der Waals surface area contributed by atoms with Crippen LogP contribution in [0.15, 0.2) is 75.9 Å². The van der Waals surface area contributed by atoms with Gasteiger partial charge in [0.2, 0.25) is 11.2 Å². The van der Waals surface area contributed by atoms with Crippen LogP contribution < -0.4 is 14.9 Å². The Hall–Kier alpha value is -4.17. The summed E-state index contributed by atoms with van der Waals surface area (Å²) in [6, 6.07) is 16.6. The molecule has 0 aliphatic heterocycles. The van der Waals surface area contributed by atoms with Crippen LogP contribution in [0.1, 0.15) is 10.4 Å². The van der Waals surface area contributed by atoms with Crippen LogP contribution in [0, 0.1) is 10.1 Å². The zero-order chi connectivity index (χ0) is 22.8. The van der Waals surface area contributed by atoms with Gasteiger partial charge in [0.25, 0.3) is 5.69 Å². The van der Waals surface area contributed by atoms with Gasteiger partial charge in [0.1, 0.15) is 16.4 Å². The van der Waals surface area contributed by atoms with Crippen molar-refractivity contribution in [2.45, 2.75) is 0 Å². The number of esters is 1. The summed E-state index contributed by atoms with van der Waals surface area (Å²) in [7, 11) is 1.52. The molecule has 0 N–H and O–H groups in total. The van der Waals surface area contributed by atoms with E-state index in [4.69, 9.17) is 25.5 Å². The van der Waals surface area contributed by atoms with Crippen molar-refractivity contribution in [3.8, 4) is 22.8 Å². The van der Waals surface area contributed by atoms with Gasteiger partial charge in [-0.15, -0.1) is 0 Å². The quantitative estimate of drug-likeness (QED) is 0.231. The van der Waals surface area contributed by atoms with Crippen LogP contribution >= 0.6 is 11.6 Å². The lowest BCUT2D eigenvalue weighted by molar-refractivity contribution is -0.384. The lowest BCUT2D eigenvalue weighted by atomic mass is 10.1. The Bertz CT molecular complexity index is 1410. The van der Waals surface area contributed by atoms with Crippen LogP contribution in [0.25, 0.3) is 22.3 Å². The summed E-state index contributed by atoms with van der Waals surface area (Å²) in [6.45, 7) is 0.